The van der Waals surface area contributed by atoms with Gasteiger partial charge in [0.2, 0.25) is 5.75 Å². The predicted octanol–water partition coefficient (Wildman–Crippen LogP) is 4.77. The molecule has 1 aromatic heterocycles. The van der Waals surface area contributed by atoms with Gasteiger partial charge in [-0.05, 0) is 52.9 Å². The number of amides is 1. The predicted molar refractivity (Wildman–Crippen MR) is 117 cm³/mol. The van der Waals surface area contributed by atoms with Crippen LogP contribution in [-0.2, 0) is 11.3 Å². The summed E-state index contributed by atoms with van der Waals surface area (Å²) in [6.07, 6.45) is 1.75. The molecule has 1 heterocycles. The van der Waals surface area contributed by atoms with Crippen molar-refractivity contribution in [1.29, 1.82) is 0 Å². The second kappa shape index (κ2) is 9.93. The van der Waals surface area contributed by atoms with E-state index in [1.807, 2.05) is 17.5 Å². The summed E-state index contributed by atoms with van der Waals surface area (Å²) in [5.74, 6) is 0.959. The number of halogens is 1. The molecule has 156 valence electrons. The van der Waals surface area contributed by atoms with Crippen molar-refractivity contribution in [2.24, 2.45) is 0 Å². The third kappa shape index (κ3) is 4.99. The molecule has 0 fully saturated rings. The van der Waals surface area contributed by atoms with Gasteiger partial charge in [0.05, 0.1) is 26.9 Å². The lowest BCUT2D eigenvalue weighted by Gasteiger charge is -2.15. The van der Waals surface area contributed by atoms with Crippen LogP contribution in [0, 0.1) is 5.82 Å². The molecule has 5 nitrogen and oxygen atoms in total. The van der Waals surface area contributed by atoms with Gasteiger partial charge in [0.25, 0.3) is 5.91 Å². The fourth-order valence-electron chi connectivity index (χ4n) is 2.92. The van der Waals surface area contributed by atoms with Gasteiger partial charge in [0, 0.05) is 11.4 Å². The van der Waals surface area contributed by atoms with Gasteiger partial charge in [-0.3, -0.25) is 4.79 Å². The molecule has 0 aliphatic heterocycles. The molecule has 0 atom stereocenters. The lowest BCUT2D eigenvalue weighted by atomic mass is 10.1. The van der Waals surface area contributed by atoms with Gasteiger partial charge in [0.15, 0.2) is 11.5 Å². The molecule has 1 N–H and O–H groups in total. The molecule has 2 aromatic carbocycles. The minimum Gasteiger partial charge on any atom is -0.493 e. The van der Waals surface area contributed by atoms with Crippen molar-refractivity contribution in [2.45, 2.75) is 6.54 Å². The van der Waals surface area contributed by atoms with Crippen molar-refractivity contribution < 1.29 is 23.4 Å². The van der Waals surface area contributed by atoms with E-state index >= 15 is 0 Å². The molecule has 3 aromatic rings. The quantitative estimate of drug-likeness (QED) is 0.526. The Bertz CT molecular complexity index is 1000. The number of benzene rings is 2. The van der Waals surface area contributed by atoms with Gasteiger partial charge in [-0.1, -0.05) is 18.2 Å². The third-order valence-electron chi connectivity index (χ3n) is 4.39. The average Bonchev–Trinajstić information content (AvgIpc) is 3.30. The first-order chi connectivity index (χ1) is 14.5. The lowest BCUT2D eigenvalue weighted by molar-refractivity contribution is -0.115. The summed E-state index contributed by atoms with van der Waals surface area (Å²) in [5.41, 5.74) is 2.04. The number of rotatable bonds is 8. The van der Waals surface area contributed by atoms with Crippen molar-refractivity contribution in [2.75, 3.05) is 21.3 Å². The monoisotopic (exact) mass is 427 g/mol. The molecule has 0 saturated heterocycles. The summed E-state index contributed by atoms with van der Waals surface area (Å²) in [4.78, 5) is 13.8. The fraction of sp³-hybridized carbons (Fsp3) is 0.174. The number of hydrogen-bond acceptors (Lipinski definition) is 5. The molecule has 0 spiro atoms. The van der Waals surface area contributed by atoms with E-state index in [4.69, 9.17) is 14.2 Å². The van der Waals surface area contributed by atoms with Crippen LogP contribution in [0.1, 0.15) is 16.0 Å². The Morgan fingerprint density at radius 2 is 1.70 bits per heavy atom. The highest BCUT2D eigenvalue weighted by atomic mass is 32.1. The van der Waals surface area contributed by atoms with Gasteiger partial charge < -0.3 is 19.5 Å². The zero-order chi connectivity index (χ0) is 21.5. The van der Waals surface area contributed by atoms with Crippen molar-refractivity contribution >= 4 is 28.9 Å². The fourth-order valence-corrected chi connectivity index (χ4v) is 3.66. The van der Waals surface area contributed by atoms with Crippen LogP contribution in [0.2, 0.25) is 0 Å². The number of thiophene rings is 1. The number of hydrogen-bond donors (Lipinski definition) is 1. The Morgan fingerprint density at radius 1 is 1.03 bits per heavy atom. The molecule has 0 radical (unpaired) electrons. The van der Waals surface area contributed by atoms with Crippen LogP contribution in [0.25, 0.3) is 11.6 Å². The first kappa shape index (κ1) is 21.4. The number of nitrogens with one attached hydrogen (secondary N) is 1. The summed E-state index contributed by atoms with van der Waals surface area (Å²) in [7, 11) is 4.62. The van der Waals surface area contributed by atoms with Crippen LogP contribution < -0.4 is 19.5 Å². The van der Waals surface area contributed by atoms with Gasteiger partial charge in [0.1, 0.15) is 5.82 Å². The number of carbonyl (C=O) groups is 1. The van der Waals surface area contributed by atoms with Crippen LogP contribution in [0.4, 0.5) is 4.39 Å². The van der Waals surface area contributed by atoms with Crippen LogP contribution in [-0.4, -0.2) is 27.2 Å². The summed E-state index contributed by atoms with van der Waals surface area (Å²) < 4.78 is 29.3. The summed E-state index contributed by atoms with van der Waals surface area (Å²) in [6.45, 7) is 0.266. The van der Waals surface area contributed by atoms with E-state index in [0.717, 1.165) is 16.0 Å². The first-order valence-corrected chi connectivity index (χ1v) is 10.0. The van der Waals surface area contributed by atoms with Crippen molar-refractivity contribution in [3.8, 4) is 17.2 Å². The van der Waals surface area contributed by atoms with Crippen LogP contribution >= 0.6 is 11.3 Å². The zero-order valence-electron chi connectivity index (χ0n) is 16.9. The summed E-state index contributed by atoms with van der Waals surface area (Å²) in [6, 6.07) is 13.3. The minimum atomic E-state index is -0.323. The smallest absolute Gasteiger partial charge is 0.253 e. The van der Waals surface area contributed by atoms with E-state index < -0.39 is 0 Å². The second-order valence-electron chi connectivity index (χ2n) is 6.30. The lowest BCUT2D eigenvalue weighted by Crippen LogP contribution is -2.23. The highest BCUT2D eigenvalue weighted by Crippen LogP contribution is 2.38. The molecule has 7 heteroatoms. The highest BCUT2D eigenvalue weighted by Gasteiger charge is 2.16. The molecular formula is C23H22FNO4S. The first-order valence-electron chi connectivity index (χ1n) is 9.14. The second-order valence-corrected chi connectivity index (χ2v) is 7.25. The van der Waals surface area contributed by atoms with Gasteiger partial charge in [-0.15, -0.1) is 11.3 Å². The largest absolute Gasteiger partial charge is 0.493 e. The number of ether oxygens (including phenoxy) is 3. The van der Waals surface area contributed by atoms with E-state index in [1.165, 1.54) is 30.6 Å². The molecule has 0 saturated carbocycles. The molecule has 30 heavy (non-hydrogen) atoms. The molecule has 3 rings (SSSR count). The van der Waals surface area contributed by atoms with Crippen molar-refractivity contribution in [3.05, 3.63) is 75.7 Å². The zero-order valence-corrected chi connectivity index (χ0v) is 17.7. The standard InChI is InChI=1S/C23H22FNO4S/c1-27-19-12-16(13-20(28-2)22(19)29-3)14-25-23(26)18(21-5-4-10-30-21)11-15-6-8-17(24)9-7-15/h4-13H,14H2,1-3H3,(H,25,26). The van der Waals surface area contributed by atoms with E-state index in [9.17, 15) is 9.18 Å². The highest BCUT2D eigenvalue weighted by molar-refractivity contribution is 7.11. The maximum absolute atomic E-state index is 13.2. The van der Waals surface area contributed by atoms with E-state index in [2.05, 4.69) is 5.32 Å². The van der Waals surface area contributed by atoms with Crippen LogP contribution in [0.15, 0.2) is 53.9 Å². The molecule has 0 aliphatic rings. The summed E-state index contributed by atoms with van der Waals surface area (Å²) in [5, 5.41) is 4.84. The number of methoxy groups -OCH3 is 3. The molecule has 0 bridgehead atoms. The Morgan fingerprint density at radius 3 is 2.23 bits per heavy atom. The van der Waals surface area contributed by atoms with E-state index in [-0.39, 0.29) is 18.3 Å². The van der Waals surface area contributed by atoms with Crippen LogP contribution in [0.3, 0.4) is 0 Å². The van der Waals surface area contributed by atoms with Crippen molar-refractivity contribution in [1.82, 2.24) is 5.32 Å². The van der Waals surface area contributed by atoms with E-state index in [1.54, 1.807) is 44.6 Å². The van der Waals surface area contributed by atoms with Gasteiger partial charge in [-0.2, -0.15) is 0 Å². The van der Waals surface area contributed by atoms with Gasteiger partial charge in [-0.25, -0.2) is 4.39 Å². The SMILES string of the molecule is COc1cc(CNC(=O)C(=Cc2ccc(F)cc2)c2cccs2)cc(OC)c1OC. The minimum absolute atomic E-state index is 0.240. The normalized spacial score (nSPS) is 11.1. The van der Waals surface area contributed by atoms with Gasteiger partial charge >= 0.3 is 0 Å². The van der Waals surface area contributed by atoms with Crippen molar-refractivity contribution in [3.63, 3.8) is 0 Å². The summed E-state index contributed by atoms with van der Waals surface area (Å²) >= 11 is 1.46. The molecule has 1 amide bonds. The van der Waals surface area contributed by atoms with E-state index in [0.29, 0.717) is 22.8 Å². The third-order valence-corrected chi connectivity index (χ3v) is 5.29. The maximum Gasteiger partial charge on any atom is 0.253 e. The molecular weight excluding hydrogens is 405 g/mol. The Labute approximate surface area is 178 Å². The maximum atomic E-state index is 13.2. The Balaban J connectivity index is 1.84. The average molecular weight is 427 g/mol. The Hall–Kier alpha value is -3.32. The molecule has 0 aliphatic carbocycles. The number of carbonyl (C=O) groups excluding carboxylic acids is 1. The Kier molecular flexibility index (Phi) is 7.08. The molecule has 0 unspecified atom stereocenters. The topological polar surface area (TPSA) is 56.8 Å². The van der Waals surface area contributed by atoms with Crippen LogP contribution in [0.5, 0.6) is 17.2 Å².